The van der Waals surface area contributed by atoms with Crippen molar-refractivity contribution in [2.75, 3.05) is 6.61 Å². The number of ether oxygens (including phenoxy) is 1. The standard InChI is InChI=1S/C23H27BrCl2N2O3/c1-5-19(22(30)27-23(2,3)4)28(13-15-6-8-16(25)9-7-15)21(29)14-31-20-11-10-17(26)12-18(20)24/h6-12,19H,5,13-14H2,1-4H3,(H,27,30). The summed E-state index contributed by atoms with van der Waals surface area (Å²) in [6.07, 6.45) is 0.464. The number of halogens is 3. The summed E-state index contributed by atoms with van der Waals surface area (Å²) in [6, 6.07) is 11.6. The smallest absolute Gasteiger partial charge is 0.261 e. The van der Waals surface area contributed by atoms with Crippen LogP contribution in [0.4, 0.5) is 0 Å². The first-order valence-corrected chi connectivity index (χ1v) is 11.5. The Bertz CT molecular complexity index is 914. The van der Waals surface area contributed by atoms with Crippen LogP contribution in [0.3, 0.4) is 0 Å². The summed E-state index contributed by atoms with van der Waals surface area (Å²) in [5.74, 6) is -0.00548. The fourth-order valence-electron chi connectivity index (χ4n) is 2.97. The van der Waals surface area contributed by atoms with Crippen molar-refractivity contribution in [2.24, 2.45) is 0 Å². The highest BCUT2D eigenvalue weighted by Gasteiger charge is 2.31. The highest BCUT2D eigenvalue weighted by Crippen LogP contribution is 2.28. The van der Waals surface area contributed by atoms with E-state index in [9.17, 15) is 9.59 Å². The minimum Gasteiger partial charge on any atom is -0.483 e. The van der Waals surface area contributed by atoms with Gasteiger partial charge in [0.05, 0.1) is 4.47 Å². The summed E-state index contributed by atoms with van der Waals surface area (Å²) in [4.78, 5) is 27.7. The molecular weight excluding hydrogens is 503 g/mol. The van der Waals surface area contributed by atoms with E-state index in [1.54, 1.807) is 35.2 Å². The van der Waals surface area contributed by atoms with E-state index in [4.69, 9.17) is 27.9 Å². The average Bonchev–Trinajstić information content (AvgIpc) is 2.67. The Morgan fingerprint density at radius 2 is 1.71 bits per heavy atom. The van der Waals surface area contributed by atoms with Crippen LogP contribution in [0.2, 0.25) is 10.0 Å². The number of carbonyl (C=O) groups excluding carboxylic acids is 2. The average molecular weight is 530 g/mol. The van der Waals surface area contributed by atoms with Crippen molar-refractivity contribution in [3.63, 3.8) is 0 Å². The van der Waals surface area contributed by atoms with Crippen molar-refractivity contribution in [1.29, 1.82) is 0 Å². The molecule has 1 N–H and O–H groups in total. The van der Waals surface area contributed by atoms with Crippen LogP contribution in [-0.4, -0.2) is 34.9 Å². The molecule has 1 unspecified atom stereocenters. The molecule has 2 rings (SSSR count). The summed E-state index contributed by atoms with van der Waals surface area (Å²) >= 11 is 15.3. The predicted molar refractivity (Wildman–Crippen MR) is 129 cm³/mol. The van der Waals surface area contributed by atoms with E-state index >= 15 is 0 Å². The van der Waals surface area contributed by atoms with Crippen LogP contribution < -0.4 is 10.1 Å². The van der Waals surface area contributed by atoms with Crippen LogP contribution in [0.1, 0.15) is 39.7 Å². The second-order valence-electron chi connectivity index (χ2n) is 8.17. The topological polar surface area (TPSA) is 58.6 Å². The lowest BCUT2D eigenvalue weighted by molar-refractivity contribution is -0.143. The highest BCUT2D eigenvalue weighted by atomic mass is 79.9. The molecule has 31 heavy (non-hydrogen) atoms. The molecule has 0 bridgehead atoms. The molecule has 2 amide bonds. The van der Waals surface area contributed by atoms with Gasteiger partial charge in [0.15, 0.2) is 6.61 Å². The second-order valence-corrected chi connectivity index (χ2v) is 9.90. The van der Waals surface area contributed by atoms with Crippen molar-refractivity contribution in [3.8, 4) is 5.75 Å². The van der Waals surface area contributed by atoms with E-state index in [-0.39, 0.29) is 25.0 Å². The van der Waals surface area contributed by atoms with Gasteiger partial charge in [-0.2, -0.15) is 0 Å². The monoisotopic (exact) mass is 528 g/mol. The zero-order valence-corrected chi connectivity index (χ0v) is 21.1. The van der Waals surface area contributed by atoms with Gasteiger partial charge in [-0.05, 0) is 79.0 Å². The number of hydrogen-bond acceptors (Lipinski definition) is 3. The molecule has 0 aliphatic rings. The van der Waals surface area contributed by atoms with Gasteiger partial charge in [-0.1, -0.05) is 42.3 Å². The third-order valence-corrected chi connectivity index (χ3v) is 5.50. The Labute approximate surface area is 202 Å². The summed E-state index contributed by atoms with van der Waals surface area (Å²) in [5.41, 5.74) is 0.455. The maximum atomic E-state index is 13.2. The molecule has 1 atom stereocenters. The molecular formula is C23H27BrCl2N2O3. The van der Waals surface area contributed by atoms with E-state index in [1.165, 1.54) is 0 Å². The van der Waals surface area contributed by atoms with Crippen LogP contribution in [0.5, 0.6) is 5.75 Å². The Morgan fingerprint density at radius 3 is 2.26 bits per heavy atom. The summed E-state index contributed by atoms with van der Waals surface area (Å²) in [5, 5.41) is 4.13. The van der Waals surface area contributed by atoms with Gasteiger partial charge in [-0.25, -0.2) is 0 Å². The lowest BCUT2D eigenvalue weighted by Gasteiger charge is -2.33. The van der Waals surface area contributed by atoms with E-state index in [0.717, 1.165) is 5.56 Å². The third-order valence-electron chi connectivity index (χ3n) is 4.40. The third kappa shape index (κ3) is 8.02. The predicted octanol–water partition coefficient (Wildman–Crippen LogP) is 5.86. The minimum absolute atomic E-state index is 0.204. The maximum Gasteiger partial charge on any atom is 0.261 e. The normalized spacial score (nSPS) is 12.2. The Hall–Kier alpha value is -1.76. The van der Waals surface area contributed by atoms with Gasteiger partial charge in [-0.3, -0.25) is 9.59 Å². The Kier molecular flexibility index (Phi) is 9.22. The zero-order chi connectivity index (χ0) is 23.2. The van der Waals surface area contributed by atoms with Gasteiger partial charge in [0, 0.05) is 22.1 Å². The number of rotatable bonds is 8. The molecule has 0 fully saturated rings. The summed E-state index contributed by atoms with van der Waals surface area (Å²) < 4.78 is 6.36. The second kappa shape index (κ2) is 11.2. The number of benzene rings is 2. The molecule has 0 spiro atoms. The van der Waals surface area contributed by atoms with Crippen LogP contribution in [0.15, 0.2) is 46.9 Å². The number of nitrogens with one attached hydrogen (secondary N) is 1. The van der Waals surface area contributed by atoms with Crippen LogP contribution in [0.25, 0.3) is 0 Å². The largest absolute Gasteiger partial charge is 0.483 e. The number of nitrogens with zero attached hydrogens (tertiary/aromatic N) is 1. The first-order chi connectivity index (χ1) is 14.5. The van der Waals surface area contributed by atoms with Gasteiger partial charge >= 0.3 is 0 Å². The molecule has 5 nitrogen and oxygen atoms in total. The fraction of sp³-hybridized carbons (Fsp3) is 0.391. The maximum absolute atomic E-state index is 13.2. The van der Waals surface area contributed by atoms with Crippen LogP contribution in [-0.2, 0) is 16.1 Å². The number of carbonyl (C=O) groups is 2. The molecule has 2 aromatic rings. The Morgan fingerprint density at radius 1 is 1.10 bits per heavy atom. The fourth-order valence-corrected chi connectivity index (χ4v) is 3.90. The molecule has 0 radical (unpaired) electrons. The quantitative estimate of drug-likeness (QED) is 0.466. The molecule has 0 aliphatic heterocycles. The summed E-state index contributed by atoms with van der Waals surface area (Å²) in [7, 11) is 0. The molecule has 0 aliphatic carbocycles. The van der Waals surface area contributed by atoms with E-state index in [2.05, 4.69) is 21.2 Å². The molecule has 8 heteroatoms. The van der Waals surface area contributed by atoms with E-state index in [0.29, 0.717) is 26.7 Å². The number of hydrogen-bond donors (Lipinski definition) is 1. The molecule has 2 aromatic carbocycles. The van der Waals surface area contributed by atoms with E-state index in [1.807, 2.05) is 39.8 Å². The number of amides is 2. The van der Waals surface area contributed by atoms with Crippen molar-refractivity contribution in [2.45, 2.75) is 52.2 Å². The molecule has 168 valence electrons. The van der Waals surface area contributed by atoms with Gasteiger partial charge in [0.1, 0.15) is 11.8 Å². The van der Waals surface area contributed by atoms with Crippen LogP contribution >= 0.6 is 39.1 Å². The highest BCUT2D eigenvalue weighted by molar-refractivity contribution is 9.10. The zero-order valence-electron chi connectivity index (χ0n) is 18.0. The van der Waals surface area contributed by atoms with Crippen molar-refractivity contribution in [1.82, 2.24) is 10.2 Å². The van der Waals surface area contributed by atoms with Gasteiger partial charge in [0.25, 0.3) is 5.91 Å². The first-order valence-electron chi connectivity index (χ1n) is 9.94. The van der Waals surface area contributed by atoms with Crippen molar-refractivity contribution >= 4 is 50.9 Å². The molecule has 0 aromatic heterocycles. The first kappa shape index (κ1) is 25.5. The van der Waals surface area contributed by atoms with Crippen LogP contribution in [0, 0.1) is 0 Å². The van der Waals surface area contributed by atoms with E-state index < -0.39 is 11.6 Å². The minimum atomic E-state index is -0.639. The summed E-state index contributed by atoms with van der Waals surface area (Å²) in [6.45, 7) is 7.65. The lowest BCUT2D eigenvalue weighted by atomic mass is 10.1. The molecule has 0 saturated carbocycles. The molecule has 0 heterocycles. The lowest BCUT2D eigenvalue weighted by Crippen LogP contribution is -2.54. The Balaban J connectivity index is 2.24. The SMILES string of the molecule is CCC(C(=O)NC(C)(C)C)N(Cc1ccc(Cl)cc1)C(=O)COc1ccc(Cl)cc1Br. The van der Waals surface area contributed by atoms with Gasteiger partial charge in [0.2, 0.25) is 5.91 Å². The van der Waals surface area contributed by atoms with Crippen molar-refractivity contribution in [3.05, 3.63) is 62.5 Å². The molecule has 0 saturated heterocycles. The van der Waals surface area contributed by atoms with Gasteiger partial charge in [-0.15, -0.1) is 0 Å². The van der Waals surface area contributed by atoms with Crippen molar-refractivity contribution < 1.29 is 14.3 Å². The van der Waals surface area contributed by atoms with Gasteiger partial charge < -0.3 is 15.0 Å².